The number of nitrogens with one attached hydrogen (secondary N) is 1. The van der Waals surface area contributed by atoms with Crippen molar-refractivity contribution in [3.05, 3.63) is 69.7 Å². The van der Waals surface area contributed by atoms with Gasteiger partial charge in [-0.15, -0.1) is 0 Å². The van der Waals surface area contributed by atoms with E-state index in [-0.39, 0.29) is 22.8 Å². The number of carbonyl (C=O) groups excluding carboxylic acids is 1. The zero-order chi connectivity index (χ0) is 24.0. The smallest absolute Gasteiger partial charge is 0.294 e. The van der Waals surface area contributed by atoms with Crippen LogP contribution in [0.4, 0.5) is 0 Å². The fraction of sp³-hybridized carbons (Fsp3) is 0.333. The zero-order valence-electron chi connectivity index (χ0n) is 18.2. The second-order valence-electron chi connectivity index (χ2n) is 8.86. The summed E-state index contributed by atoms with van der Waals surface area (Å²) in [6.07, 6.45) is 5.55. The minimum atomic E-state index is -4.26. The van der Waals surface area contributed by atoms with Gasteiger partial charge in [0, 0.05) is 40.7 Å². The summed E-state index contributed by atoms with van der Waals surface area (Å²) in [6, 6.07) is 9.53. The van der Waals surface area contributed by atoms with Crippen LogP contribution in [0.5, 0.6) is 0 Å². The summed E-state index contributed by atoms with van der Waals surface area (Å²) in [5, 5.41) is 0.930. The fourth-order valence-electron chi connectivity index (χ4n) is 4.99. The second-order valence-corrected chi connectivity index (χ2v) is 11.1. The molecule has 0 bridgehead atoms. The number of hydrogen-bond donors (Lipinski definition) is 2. The molecule has 1 unspecified atom stereocenters. The molecule has 34 heavy (non-hydrogen) atoms. The average molecular weight is 520 g/mol. The van der Waals surface area contributed by atoms with E-state index in [1.807, 2.05) is 4.90 Å². The predicted octanol–water partition coefficient (Wildman–Crippen LogP) is 4.58. The van der Waals surface area contributed by atoms with Gasteiger partial charge in [0.05, 0.1) is 16.9 Å². The van der Waals surface area contributed by atoms with Gasteiger partial charge in [0.15, 0.2) is 0 Å². The lowest BCUT2D eigenvalue weighted by atomic mass is 9.94. The first-order chi connectivity index (χ1) is 16.2. The summed E-state index contributed by atoms with van der Waals surface area (Å²) < 4.78 is 31.7. The van der Waals surface area contributed by atoms with Gasteiger partial charge in [-0.25, -0.2) is 4.98 Å². The van der Waals surface area contributed by atoms with Gasteiger partial charge in [0.25, 0.3) is 10.1 Å². The fourth-order valence-corrected chi connectivity index (χ4v) is 6.12. The summed E-state index contributed by atoms with van der Waals surface area (Å²) in [5.74, 6) is -0.0250. The molecule has 1 aliphatic heterocycles. The van der Waals surface area contributed by atoms with E-state index in [0.29, 0.717) is 22.0 Å². The quantitative estimate of drug-likeness (QED) is 0.480. The van der Waals surface area contributed by atoms with Gasteiger partial charge in [-0.2, -0.15) is 8.42 Å². The van der Waals surface area contributed by atoms with Crippen LogP contribution < -0.4 is 0 Å². The van der Waals surface area contributed by atoms with Crippen LogP contribution in [0.15, 0.2) is 47.6 Å². The molecule has 2 aliphatic rings. The maximum absolute atomic E-state index is 13.2. The van der Waals surface area contributed by atoms with Gasteiger partial charge in [0.2, 0.25) is 5.91 Å². The number of carbonyl (C=O) groups is 1. The molecule has 1 saturated heterocycles. The van der Waals surface area contributed by atoms with Crippen LogP contribution in [0.25, 0.3) is 11.1 Å². The van der Waals surface area contributed by atoms with Gasteiger partial charge >= 0.3 is 0 Å². The number of aryl methyl sites for hydroxylation is 1. The van der Waals surface area contributed by atoms with Crippen molar-refractivity contribution >= 4 is 39.2 Å². The Morgan fingerprint density at radius 2 is 1.79 bits per heavy atom. The summed E-state index contributed by atoms with van der Waals surface area (Å²) in [4.78, 5) is 22.6. The third-order valence-electron chi connectivity index (χ3n) is 6.83. The molecule has 0 saturated carbocycles. The number of likely N-dealkylation sites (tertiary alicyclic amines) is 1. The van der Waals surface area contributed by atoms with Crippen molar-refractivity contribution in [1.82, 2.24) is 14.9 Å². The summed E-state index contributed by atoms with van der Waals surface area (Å²) >= 11 is 13.2. The number of halogens is 2. The lowest BCUT2D eigenvalue weighted by molar-refractivity contribution is -0.133. The standard InChI is InChI=1S/C24H23Cl2N3O4S/c25-20-10-16(14-1-4-18(5-2-14)34(31,32)33)11-21(26)19(20)9-15-7-8-29(24(15)30)17-3-6-22-23(12-17)28-13-27-22/h1-2,4-5,10-11,13,15,17H,3,6-9,12H2,(H,27,28)(H,31,32,33)/t15-,17?/m0/s1. The highest BCUT2D eigenvalue weighted by molar-refractivity contribution is 7.85. The highest BCUT2D eigenvalue weighted by atomic mass is 35.5. The van der Waals surface area contributed by atoms with E-state index < -0.39 is 10.1 Å². The van der Waals surface area contributed by atoms with Crippen LogP contribution >= 0.6 is 23.2 Å². The maximum atomic E-state index is 13.2. The number of H-pyrrole nitrogens is 1. The third-order valence-corrected chi connectivity index (χ3v) is 8.37. The largest absolute Gasteiger partial charge is 0.348 e. The van der Waals surface area contributed by atoms with E-state index in [2.05, 4.69) is 9.97 Å². The highest BCUT2D eigenvalue weighted by Crippen LogP contribution is 2.36. The number of hydrogen-bond acceptors (Lipinski definition) is 4. The van der Waals surface area contributed by atoms with Crippen LogP contribution in [0.1, 0.15) is 29.8 Å². The number of benzene rings is 2. The van der Waals surface area contributed by atoms with Crippen molar-refractivity contribution in [2.45, 2.75) is 43.0 Å². The Kier molecular flexibility index (Phi) is 6.18. The molecule has 3 aromatic rings. The molecule has 0 spiro atoms. The van der Waals surface area contributed by atoms with Gasteiger partial charge in [-0.3, -0.25) is 9.35 Å². The van der Waals surface area contributed by atoms with Gasteiger partial charge in [0.1, 0.15) is 0 Å². The first-order valence-electron chi connectivity index (χ1n) is 11.1. The Hall–Kier alpha value is -2.39. The Labute approximate surface area is 207 Å². The van der Waals surface area contributed by atoms with Crippen molar-refractivity contribution in [3.63, 3.8) is 0 Å². The molecule has 1 aliphatic carbocycles. The molecule has 2 atom stereocenters. The summed E-state index contributed by atoms with van der Waals surface area (Å²) in [6.45, 7) is 0.727. The van der Waals surface area contributed by atoms with Crippen molar-refractivity contribution in [2.24, 2.45) is 5.92 Å². The second kappa shape index (κ2) is 9.00. The van der Waals surface area contributed by atoms with Crippen molar-refractivity contribution in [1.29, 1.82) is 0 Å². The first kappa shape index (κ1) is 23.4. The van der Waals surface area contributed by atoms with Crippen LogP contribution in [-0.2, 0) is 34.2 Å². The van der Waals surface area contributed by atoms with Crippen molar-refractivity contribution < 1.29 is 17.8 Å². The molecule has 7 nitrogen and oxygen atoms in total. The molecule has 0 radical (unpaired) electrons. The third kappa shape index (κ3) is 4.47. The van der Waals surface area contributed by atoms with Crippen LogP contribution in [0.2, 0.25) is 10.0 Å². The summed E-state index contributed by atoms with van der Waals surface area (Å²) in [7, 11) is -4.26. The number of rotatable bonds is 5. The Bertz CT molecular complexity index is 1330. The topological polar surface area (TPSA) is 103 Å². The molecule has 2 aromatic carbocycles. The van der Waals surface area contributed by atoms with Crippen LogP contribution in [0, 0.1) is 5.92 Å². The molecule has 2 N–H and O–H groups in total. The molecule has 1 fully saturated rings. The van der Waals surface area contributed by atoms with Crippen molar-refractivity contribution in [2.75, 3.05) is 6.54 Å². The molecule has 2 heterocycles. The van der Waals surface area contributed by atoms with E-state index in [1.165, 1.54) is 12.1 Å². The predicted molar refractivity (Wildman–Crippen MR) is 130 cm³/mol. The molecule has 5 rings (SSSR count). The van der Waals surface area contributed by atoms with E-state index in [4.69, 9.17) is 27.8 Å². The lowest BCUT2D eigenvalue weighted by Gasteiger charge is -2.31. The number of amides is 1. The lowest BCUT2D eigenvalue weighted by Crippen LogP contribution is -2.41. The number of imidazole rings is 1. The van der Waals surface area contributed by atoms with Crippen LogP contribution in [0.3, 0.4) is 0 Å². The van der Waals surface area contributed by atoms with E-state index in [1.54, 1.807) is 30.6 Å². The Balaban J connectivity index is 1.31. The Morgan fingerprint density at radius 1 is 1.09 bits per heavy atom. The number of aromatic nitrogens is 2. The number of aromatic amines is 1. The molecule has 1 aromatic heterocycles. The van der Waals surface area contributed by atoms with Gasteiger partial charge in [-0.05, 0) is 66.6 Å². The monoisotopic (exact) mass is 519 g/mol. The van der Waals surface area contributed by atoms with Gasteiger partial charge < -0.3 is 9.88 Å². The van der Waals surface area contributed by atoms with Gasteiger partial charge in [-0.1, -0.05) is 35.3 Å². The van der Waals surface area contributed by atoms with Crippen molar-refractivity contribution in [3.8, 4) is 11.1 Å². The Morgan fingerprint density at radius 3 is 2.47 bits per heavy atom. The SMILES string of the molecule is O=C1[C@H](Cc2c(Cl)cc(-c3ccc(S(=O)(=O)O)cc3)cc2Cl)CCN1C1CCc2nc[nH]c2C1. The first-order valence-corrected chi connectivity index (χ1v) is 13.3. The minimum Gasteiger partial charge on any atom is -0.348 e. The number of nitrogens with zero attached hydrogens (tertiary/aromatic N) is 2. The van der Waals surface area contributed by atoms with E-state index in [0.717, 1.165) is 54.7 Å². The molecular weight excluding hydrogens is 497 g/mol. The summed E-state index contributed by atoms with van der Waals surface area (Å²) in [5.41, 5.74) is 4.39. The minimum absolute atomic E-state index is 0.143. The highest BCUT2D eigenvalue weighted by Gasteiger charge is 2.38. The molecular formula is C24H23Cl2N3O4S. The van der Waals surface area contributed by atoms with E-state index in [9.17, 15) is 13.2 Å². The zero-order valence-corrected chi connectivity index (χ0v) is 20.5. The normalized spacial score (nSPS) is 20.6. The van der Waals surface area contributed by atoms with E-state index >= 15 is 0 Å². The maximum Gasteiger partial charge on any atom is 0.294 e. The number of fused-ring (bicyclic) bond motifs is 1. The van der Waals surface area contributed by atoms with Crippen LogP contribution in [-0.4, -0.2) is 46.3 Å². The molecule has 178 valence electrons. The molecule has 1 amide bonds. The average Bonchev–Trinajstić information content (AvgIpc) is 3.41. The molecule has 10 heteroatoms.